The van der Waals surface area contributed by atoms with Gasteiger partial charge in [-0.15, -0.1) is 0 Å². The van der Waals surface area contributed by atoms with E-state index in [1.807, 2.05) is 6.92 Å². The van der Waals surface area contributed by atoms with Crippen LogP contribution < -0.4 is 5.73 Å². The molecule has 0 radical (unpaired) electrons. The second-order valence-electron chi connectivity index (χ2n) is 8.08. The van der Waals surface area contributed by atoms with Gasteiger partial charge in [0, 0.05) is 17.4 Å². The molecule has 4 rings (SSSR count). The van der Waals surface area contributed by atoms with Crippen molar-refractivity contribution in [1.82, 2.24) is 0 Å². The molecule has 0 spiro atoms. The van der Waals surface area contributed by atoms with Crippen LogP contribution in [-0.2, 0) is 14.4 Å². The first-order chi connectivity index (χ1) is 13.5. The molecular formula is C21H21NO7. The van der Waals surface area contributed by atoms with E-state index >= 15 is 0 Å². The van der Waals surface area contributed by atoms with E-state index in [9.17, 15) is 34.8 Å². The number of benzene rings is 1. The Labute approximate surface area is 166 Å². The number of Topliss-reactive ketones (excluding diaryl/α,β-unsaturated/α-hetero) is 2. The number of carbonyl (C=O) groups is 3. The molecule has 0 saturated heterocycles. The second kappa shape index (κ2) is 5.93. The number of aromatic hydroxyl groups is 1. The number of aliphatic hydroxyl groups is 3. The van der Waals surface area contributed by atoms with Gasteiger partial charge in [0.15, 0.2) is 11.4 Å². The Morgan fingerprint density at radius 2 is 1.79 bits per heavy atom. The van der Waals surface area contributed by atoms with Gasteiger partial charge in [-0.1, -0.05) is 26.0 Å². The van der Waals surface area contributed by atoms with Crippen LogP contribution in [0.1, 0.15) is 37.3 Å². The number of phenols is 1. The number of aliphatic hydroxyl groups excluding tert-OH is 2. The van der Waals surface area contributed by atoms with Gasteiger partial charge in [0.2, 0.25) is 5.78 Å². The van der Waals surface area contributed by atoms with Gasteiger partial charge >= 0.3 is 0 Å². The Balaban J connectivity index is 2.00. The molecule has 8 nitrogen and oxygen atoms in total. The fourth-order valence-electron chi connectivity index (χ4n) is 5.19. The molecule has 1 aromatic rings. The zero-order valence-electron chi connectivity index (χ0n) is 15.8. The summed E-state index contributed by atoms with van der Waals surface area (Å²) in [5.74, 6) is -7.50. The van der Waals surface area contributed by atoms with Gasteiger partial charge in [-0.2, -0.15) is 0 Å². The lowest BCUT2D eigenvalue weighted by Crippen LogP contribution is -2.61. The van der Waals surface area contributed by atoms with Crippen molar-refractivity contribution in [3.63, 3.8) is 0 Å². The Morgan fingerprint density at radius 3 is 2.41 bits per heavy atom. The quantitative estimate of drug-likeness (QED) is 0.444. The topological polar surface area (TPSA) is 158 Å². The monoisotopic (exact) mass is 399 g/mol. The highest BCUT2D eigenvalue weighted by Gasteiger charge is 2.63. The largest absolute Gasteiger partial charge is 0.508 e. The Morgan fingerprint density at radius 1 is 1.14 bits per heavy atom. The number of carbonyl (C=O) groups excluding carboxylic acids is 3. The van der Waals surface area contributed by atoms with Crippen molar-refractivity contribution in [2.45, 2.75) is 31.8 Å². The highest BCUT2D eigenvalue weighted by Crippen LogP contribution is 2.56. The fraction of sp³-hybridized carbons (Fsp3) is 0.381. The number of hydrogen-bond acceptors (Lipinski definition) is 7. The third kappa shape index (κ3) is 2.20. The van der Waals surface area contributed by atoms with Gasteiger partial charge in [-0.05, 0) is 29.9 Å². The van der Waals surface area contributed by atoms with Crippen molar-refractivity contribution < 1.29 is 34.8 Å². The number of hydrogen-bond donors (Lipinski definition) is 5. The summed E-state index contributed by atoms with van der Waals surface area (Å²) in [7, 11) is 0. The van der Waals surface area contributed by atoms with E-state index in [1.54, 1.807) is 12.1 Å². The molecule has 1 aromatic carbocycles. The summed E-state index contributed by atoms with van der Waals surface area (Å²) in [5, 5.41) is 42.9. The summed E-state index contributed by atoms with van der Waals surface area (Å²) >= 11 is 0. The third-order valence-electron chi connectivity index (χ3n) is 6.77. The number of phenolic OH excluding ortho intramolecular Hbond substituents is 1. The molecule has 0 aliphatic heterocycles. The smallest absolute Gasteiger partial charge is 0.255 e. The van der Waals surface area contributed by atoms with E-state index in [2.05, 4.69) is 0 Å². The number of nitrogens with two attached hydrogens (primary N) is 1. The number of fused-ring (bicyclic) bond motifs is 3. The highest BCUT2D eigenvalue weighted by molar-refractivity contribution is 6.23. The lowest BCUT2D eigenvalue weighted by molar-refractivity contribution is -0.152. The standard InChI is InChI=1S/C21H21NO7/c1-7-9-4-3-5-12(23)13(9)17(25)14-10(7)6-11-8(2)16(24)15(20(22)28)19(27)21(11,29)18(14)26/h3-5,7-8,10-11,23,25,27,29H,6H2,1-2H3,(H2,22,28)/t7-,8+,10-,11+,21+/m1/s1. The zero-order chi connectivity index (χ0) is 21.4. The maximum absolute atomic E-state index is 13.4. The van der Waals surface area contributed by atoms with E-state index in [0.717, 1.165) is 0 Å². The predicted octanol–water partition coefficient (Wildman–Crippen LogP) is 1.23. The van der Waals surface area contributed by atoms with Crippen LogP contribution in [0.4, 0.5) is 0 Å². The van der Waals surface area contributed by atoms with Gasteiger partial charge < -0.3 is 26.2 Å². The van der Waals surface area contributed by atoms with Crippen LogP contribution in [0.25, 0.3) is 5.76 Å². The van der Waals surface area contributed by atoms with Gasteiger partial charge in [-0.25, -0.2) is 0 Å². The van der Waals surface area contributed by atoms with Crippen LogP contribution >= 0.6 is 0 Å². The molecule has 0 bridgehead atoms. The minimum Gasteiger partial charge on any atom is -0.508 e. The van der Waals surface area contributed by atoms with Crippen LogP contribution in [0.2, 0.25) is 0 Å². The molecule has 6 N–H and O–H groups in total. The number of rotatable bonds is 1. The molecule has 0 heterocycles. The minimum absolute atomic E-state index is 0.0974. The molecule has 0 aromatic heterocycles. The van der Waals surface area contributed by atoms with Crippen LogP contribution in [0.5, 0.6) is 5.75 Å². The Kier molecular flexibility index (Phi) is 3.93. The molecule has 1 saturated carbocycles. The molecule has 5 atom stereocenters. The molecule has 3 aliphatic carbocycles. The molecule has 152 valence electrons. The van der Waals surface area contributed by atoms with E-state index in [4.69, 9.17) is 5.73 Å². The first-order valence-electron chi connectivity index (χ1n) is 9.33. The number of primary amides is 1. The summed E-state index contributed by atoms with van der Waals surface area (Å²) in [5.41, 5.74) is 2.45. The lowest BCUT2D eigenvalue weighted by atomic mass is 9.54. The average molecular weight is 399 g/mol. The van der Waals surface area contributed by atoms with Gasteiger partial charge in [0.1, 0.15) is 22.8 Å². The molecule has 29 heavy (non-hydrogen) atoms. The van der Waals surface area contributed by atoms with Crippen molar-refractivity contribution in [3.8, 4) is 5.75 Å². The molecule has 0 unspecified atom stereocenters. The van der Waals surface area contributed by atoms with Gasteiger partial charge in [0.25, 0.3) is 5.91 Å². The highest BCUT2D eigenvalue weighted by atomic mass is 16.3. The predicted molar refractivity (Wildman–Crippen MR) is 101 cm³/mol. The number of amides is 1. The fourth-order valence-corrected chi connectivity index (χ4v) is 5.19. The van der Waals surface area contributed by atoms with Gasteiger partial charge in [-0.3, -0.25) is 14.4 Å². The number of ketones is 2. The summed E-state index contributed by atoms with van der Waals surface area (Å²) in [6.45, 7) is 3.30. The van der Waals surface area contributed by atoms with Crippen molar-refractivity contribution >= 4 is 23.2 Å². The molecule has 1 fully saturated rings. The average Bonchev–Trinajstić information content (AvgIpc) is 2.66. The summed E-state index contributed by atoms with van der Waals surface area (Å²) < 4.78 is 0. The van der Waals surface area contributed by atoms with E-state index in [0.29, 0.717) is 5.56 Å². The molecule has 8 heteroatoms. The molecule has 3 aliphatic rings. The molecular weight excluding hydrogens is 378 g/mol. The van der Waals surface area contributed by atoms with Crippen molar-refractivity contribution in [3.05, 3.63) is 46.2 Å². The van der Waals surface area contributed by atoms with Crippen LogP contribution in [0, 0.1) is 17.8 Å². The Bertz CT molecular complexity index is 1050. The summed E-state index contributed by atoms with van der Waals surface area (Å²) in [6, 6.07) is 4.73. The third-order valence-corrected chi connectivity index (χ3v) is 6.77. The second-order valence-corrected chi connectivity index (χ2v) is 8.08. The maximum atomic E-state index is 13.4. The SMILES string of the molecule is C[C@@H]1C(=O)C(C(N)=O)=C(O)[C@@]2(O)C(=O)C3=C(O)c4c(O)cccc4[C@@H](C)[C@H]3C[C@@H]12. The summed E-state index contributed by atoms with van der Waals surface area (Å²) in [4.78, 5) is 37.7. The molecule has 1 amide bonds. The van der Waals surface area contributed by atoms with Gasteiger partial charge in [0.05, 0.1) is 5.56 Å². The maximum Gasteiger partial charge on any atom is 0.255 e. The van der Waals surface area contributed by atoms with Crippen molar-refractivity contribution in [2.75, 3.05) is 0 Å². The van der Waals surface area contributed by atoms with Crippen LogP contribution in [-0.4, -0.2) is 43.5 Å². The Hall–Kier alpha value is -3.13. The van der Waals surface area contributed by atoms with E-state index < -0.39 is 57.9 Å². The normalized spacial score (nSPS) is 33.9. The van der Waals surface area contributed by atoms with E-state index in [-0.39, 0.29) is 29.2 Å². The lowest BCUT2D eigenvalue weighted by Gasteiger charge is -2.49. The van der Waals surface area contributed by atoms with Crippen molar-refractivity contribution in [2.24, 2.45) is 23.5 Å². The van der Waals surface area contributed by atoms with Crippen LogP contribution in [0.3, 0.4) is 0 Å². The van der Waals surface area contributed by atoms with Crippen molar-refractivity contribution in [1.29, 1.82) is 0 Å². The van der Waals surface area contributed by atoms with Crippen LogP contribution in [0.15, 0.2) is 35.1 Å². The summed E-state index contributed by atoms with van der Waals surface area (Å²) in [6.07, 6.45) is 0.112. The minimum atomic E-state index is -2.56. The zero-order valence-corrected chi connectivity index (χ0v) is 15.8. The first kappa shape index (κ1) is 19.2. The van der Waals surface area contributed by atoms with E-state index in [1.165, 1.54) is 13.0 Å². The first-order valence-corrected chi connectivity index (χ1v) is 9.33.